The van der Waals surface area contributed by atoms with E-state index in [1.54, 1.807) is 13.2 Å². The van der Waals surface area contributed by atoms with Crippen molar-refractivity contribution in [3.63, 3.8) is 0 Å². The van der Waals surface area contributed by atoms with Crippen LogP contribution < -0.4 is 22.5 Å². The van der Waals surface area contributed by atoms with E-state index < -0.39 is 5.82 Å². The first-order valence-corrected chi connectivity index (χ1v) is 5.99. The number of anilines is 1. The van der Waals surface area contributed by atoms with Crippen LogP contribution in [0.3, 0.4) is 0 Å². The van der Waals surface area contributed by atoms with Gasteiger partial charge >= 0.3 is 0 Å². The van der Waals surface area contributed by atoms with Crippen molar-refractivity contribution in [2.45, 2.75) is 6.42 Å². The summed E-state index contributed by atoms with van der Waals surface area (Å²) in [6.07, 6.45) is 0.806. The highest BCUT2D eigenvalue weighted by Gasteiger charge is 2.04. The lowest BCUT2D eigenvalue weighted by molar-refractivity contribution is 0.198. The van der Waals surface area contributed by atoms with E-state index in [0.29, 0.717) is 24.5 Å². The minimum atomic E-state index is -0.427. The number of halogens is 1. The Hall–Kier alpha value is -2.35. The highest BCUT2D eigenvalue weighted by atomic mass is 19.1. The summed E-state index contributed by atoms with van der Waals surface area (Å²) in [6, 6.07) is 4.14. The Morgan fingerprint density at radius 2 is 2.10 bits per heavy atom. The standard InChI is InChI=1S/C12H19FN6O/c1-20-6-2-5-17-9-4-3-8(13)7-10(9)18-12(16)19-11(14)15/h3-4,7,17H,2,5-6H2,1H3,(H6,14,15,16,18,19). The van der Waals surface area contributed by atoms with Crippen LogP contribution in [0.1, 0.15) is 6.42 Å². The Bertz CT molecular complexity index is 499. The summed E-state index contributed by atoms with van der Waals surface area (Å²) in [7, 11) is 1.63. The molecule has 0 bridgehead atoms. The number of hydrogen-bond donors (Lipinski definition) is 4. The molecule has 0 atom stereocenters. The highest BCUT2D eigenvalue weighted by molar-refractivity contribution is 5.94. The van der Waals surface area contributed by atoms with E-state index in [9.17, 15) is 4.39 Å². The molecule has 0 saturated heterocycles. The van der Waals surface area contributed by atoms with Crippen LogP contribution in [0.4, 0.5) is 15.8 Å². The summed E-state index contributed by atoms with van der Waals surface area (Å²) >= 11 is 0. The number of nitrogens with zero attached hydrogens (tertiary/aromatic N) is 2. The van der Waals surface area contributed by atoms with Gasteiger partial charge in [-0.25, -0.2) is 9.38 Å². The molecule has 0 saturated carbocycles. The summed E-state index contributed by atoms with van der Waals surface area (Å²) in [5.41, 5.74) is 16.9. The topological polar surface area (TPSA) is 124 Å². The molecule has 7 N–H and O–H groups in total. The Labute approximate surface area is 116 Å². The van der Waals surface area contributed by atoms with Gasteiger partial charge in [-0.15, -0.1) is 0 Å². The van der Waals surface area contributed by atoms with Crippen molar-refractivity contribution in [1.82, 2.24) is 0 Å². The molecule has 0 aliphatic heterocycles. The molecule has 0 unspecified atom stereocenters. The molecule has 0 radical (unpaired) electrons. The molecule has 0 amide bonds. The molecule has 1 rings (SSSR count). The number of methoxy groups -OCH3 is 1. The van der Waals surface area contributed by atoms with Crippen molar-refractivity contribution < 1.29 is 9.13 Å². The maximum Gasteiger partial charge on any atom is 0.223 e. The zero-order chi connectivity index (χ0) is 15.0. The summed E-state index contributed by atoms with van der Waals surface area (Å²) < 4.78 is 18.2. The lowest BCUT2D eigenvalue weighted by atomic mass is 10.2. The molecule has 0 aliphatic carbocycles. The van der Waals surface area contributed by atoms with Gasteiger partial charge in [-0.1, -0.05) is 0 Å². The normalized spacial score (nSPS) is 11.2. The van der Waals surface area contributed by atoms with Crippen LogP contribution in [-0.4, -0.2) is 32.2 Å². The minimum absolute atomic E-state index is 0.143. The number of nitrogens with one attached hydrogen (secondary N) is 1. The number of benzene rings is 1. The van der Waals surface area contributed by atoms with E-state index in [1.165, 1.54) is 12.1 Å². The minimum Gasteiger partial charge on any atom is -0.385 e. The van der Waals surface area contributed by atoms with Crippen LogP contribution in [0.15, 0.2) is 28.2 Å². The number of aliphatic imine (C=N–C) groups is 2. The lowest BCUT2D eigenvalue weighted by Gasteiger charge is -2.09. The van der Waals surface area contributed by atoms with Gasteiger partial charge in [0.05, 0.1) is 11.4 Å². The molecule has 7 nitrogen and oxygen atoms in total. The van der Waals surface area contributed by atoms with Gasteiger partial charge < -0.3 is 27.3 Å². The van der Waals surface area contributed by atoms with Gasteiger partial charge in [0.1, 0.15) is 5.82 Å². The molecule has 0 spiro atoms. The van der Waals surface area contributed by atoms with Crippen LogP contribution in [-0.2, 0) is 4.74 Å². The SMILES string of the molecule is COCCCNc1ccc(F)cc1N=C(N)N=C(N)N. The third-order valence-corrected chi connectivity index (χ3v) is 2.28. The molecule has 20 heavy (non-hydrogen) atoms. The van der Waals surface area contributed by atoms with Crippen molar-refractivity contribution in [3.8, 4) is 0 Å². The maximum absolute atomic E-state index is 13.3. The Kier molecular flexibility index (Phi) is 6.24. The second-order valence-corrected chi connectivity index (χ2v) is 3.94. The van der Waals surface area contributed by atoms with Gasteiger partial charge in [-0.3, -0.25) is 0 Å². The largest absolute Gasteiger partial charge is 0.385 e. The number of guanidine groups is 2. The second-order valence-electron chi connectivity index (χ2n) is 3.94. The smallest absolute Gasteiger partial charge is 0.223 e. The first-order valence-electron chi connectivity index (χ1n) is 5.99. The maximum atomic E-state index is 13.3. The lowest BCUT2D eigenvalue weighted by Crippen LogP contribution is -2.26. The summed E-state index contributed by atoms with van der Waals surface area (Å²) in [5.74, 6) is -0.781. The first kappa shape index (κ1) is 15.7. The molecule has 0 aliphatic rings. The number of hydrogen-bond acceptors (Lipinski definition) is 3. The van der Waals surface area contributed by atoms with Crippen LogP contribution in [0, 0.1) is 5.82 Å². The molecule has 1 aromatic rings. The molecule has 1 aromatic carbocycles. The Morgan fingerprint density at radius 1 is 1.35 bits per heavy atom. The fourth-order valence-corrected chi connectivity index (χ4v) is 1.47. The number of ether oxygens (including phenoxy) is 1. The highest BCUT2D eigenvalue weighted by Crippen LogP contribution is 2.25. The monoisotopic (exact) mass is 282 g/mol. The number of rotatable bonds is 6. The van der Waals surface area contributed by atoms with Gasteiger partial charge in [0.2, 0.25) is 5.96 Å². The van der Waals surface area contributed by atoms with Gasteiger partial charge in [-0.2, -0.15) is 4.99 Å². The predicted molar refractivity (Wildman–Crippen MR) is 78.5 cm³/mol. The quantitative estimate of drug-likeness (QED) is 0.343. The van der Waals surface area contributed by atoms with E-state index in [1.807, 2.05) is 0 Å². The first-order chi connectivity index (χ1) is 9.52. The molecular formula is C12H19FN6O. The molecule has 110 valence electrons. The van der Waals surface area contributed by atoms with Crippen LogP contribution in [0.25, 0.3) is 0 Å². The van der Waals surface area contributed by atoms with E-state index in [-0.39, 0.29) is 11.9 Å². The van der Waals surface area contributed by atoms with Crippen LogP contribution >= 0.6 is 0 Å². The van der Waals surface area contributed by atoms with Crippen molar-refractivity contribution in [3.05, 3.63) is 24.0 Å². The van der Waals surface area contributed by atoms with Gasteiger partial charge in [-0.05, 0) is 18.6 Å². The van der Waals surface area contributed by atoms with Crippen molar-refractivity contribution >= 4 is 23.3 Å². The molecular weight excluding hydrogens is 263 g/mol. The fraction of sp³-hybridized carbons (Fsp3) is 0.333. The van der Waals surface area contributed by atoms with Crippen molar-refractivity contribution in [2.24, 2.45) is 27.2 Å². The Balaban J connectivity index is 2.87. The van der Waals surface area contributed by atoms with E-state index in [4.69, 9.17) is 21.9 Å². The Morgan fingerprint density at radius 3 is 2.75 bits per heavy atom. The van der Waals surface area contributed by atoms with E-state index >= 15 is 0 Å². The molecule has 0 aromatic heterocycles. The average Bonchev–Trinajstić information content (AvgIpc) is 2.35. The predicted octanol–water partition coefficient (Wildman–Crippen LogP) is 0.494. The van der Waals surface area contributed by atoms with E-state index in [0.717, 1.165) is 6.42 Å². The van der Waals surface area contributed by atoms with Gasteiger partial charge in [0.25, 0.3) is 0 Å². The number of nitrogens with two attached hydrogens (primary N) is 3. The third kappa shape index (κ3) is 5.53. The fourth-order valence-electron chi connectivity index (χ4n) is 1.47. The zero-order valence-electron chi connectivity index (χ0n) is 11.3. The zero-order valence-corrected chi connectivity index (χ0v) is 11.3. The van der Waals surface area contributed by atoms with Crippen molar-refractivity contribution in [2.75, 3.05) is 25.6 Å². The second kappa shape index (κ2) is 7.95. The van der Waals surface area contributed by atoms with Gasteiger partial charge in [0.15, 0.2) is 5.96 Å². The summed E-state index contributed by atoms with van der Waals surface area (Å²) in [6.45, 7) is 1.28. The van der Waals surface area contributed by atoms with Gasteiger partial charge in [0, 0.05) is 26.3 Å². The molecule has 8 heteroatoms. The summed E-state index contributed by atoms with van der Waals surface area (Å²) in [4.78, 5) is 7.55. The van der Waals surface area contributed by atoms with Crippen LogP contribution in [0.2, 0.25) is 0 Å². The van der Waals surface area contributed by atoms with E-state index in [2.05, 4.69) is 15.3 Å². The average molecular weight is 282 g/mol. The molecule has 0 fully saturated rings. The summed E-state index contributed by atoms with van der Waals surface area (Å²) in [5, 5.41) is 3.11. The molecule has 0 heterocycles. The van der Waals surface area contributed by atoms with Crippen LogP contribution in [0.5, 0.6) is 0 Å². The third-order valence-electron chi connectivity index (χ3n) is 2.28. The van der Waals surface area contributed by atoms with Crippen molar-refractivity contribution in [1.29, 1.82) is 0 Å².